The number of carbonyl (C=O) groups excluding carboxylic acids is 1. The Morgan fingerprint density at radius 1 is 1.00 bits per heavy atom. The lowest BCUT2D eigenvalue weighted by Crippen LogP contribution is -2.54. The van der Waals surface area contributed by atoms with Gasteiger partial charge in [0.15, 0.2) is 0 Å². The Bertz CT molecular complexity index is 1550. The summed E-state index contributed by atoms with van der Waals surface area (Å²) in [4.78, 5) is 31.4. The monoisotopic (exact) mass is 607 g/mol. The second-order valence-electron chi connectivity index (χ2n) is 12.6. The van der Waals surface area contributed by atoms with E-state index in [4.69, 9.17) is 4.74 Å². The van der Waals surface area contributed by atoms with Crippen molar-refractivity contribution in [2.24, 2.45) is 0 Å². The summed E-state index contributed by atoms with van der Waals surface area (Å²) >= 11 is 0. The SMILES string of the molecule is Cc1ccc(NC(=O)c2ccc(CN3CCN(C(C)(C)CCOC(C)C)CC3)cc2)cc1Nc1nccc(-c2cccnc2)n1. The number of hydrogen-bond donors (Lipinski definition) is 2. The third-order valence-corrected chi connectivity index (χ3v) is 8.37. The molecule has 2 N–H and O–H groups in total. The van der Waals surface area contributed by atoms with Gasteiger partial charge in [0, 0.05) is 86.0 Å². The quantitative estimate of drug-likeness (QED) is 0.187. The predicted octanol–water partition coefficient (Wildman–Crippen LogP) is 6.55. The Morgan fingerprint density at radius 3 is 2.49 bits per heavy atom. The van der Waals surface area contributed by atoms with Crippen molar-refractivity contribution < 1.29 is 9.53 Å². The van der Waals surface area contributed by atoms with Crippen molar-refractivity contribution in [3.8, 4) is 11.3 Å². The molecule has 4 aromatic rings. The molecule has 9 heteroatoms. The van der Waals surface area contributed by atoms with E-state index in [0.29, 0.717) is 17.2 Å². The van der Waals surface area contributed by atoms with Gasteiger partial charge >= 0.3 is 0 Å². The average molecular weight is 608 g/mol. The summed E-state index contributed by atoms with van der Waals surface area (Å²) < 4.78 is 5.80. The van der Waals surface area contributed by atoms with Crippen LogP contribution in [0.2, 0.25) is 0 Å². The number of rotatable bonds is 12. The maximum Gasteiger partial charge on any atom is 0.255 e. The normalized spacial score (nSPS) is 14.4. The van der Waals surface area contributed by atoms with Crippen LogP contribution in [0.25, 0.3) is 11.3 Å². The summed E-state index contributed by atoms with van der Waals surface area (Å²) in [6.07, 6.45) is 6.53. The fourth-order valence-electron chi connectivity index (χ4n) is 5.49. The number of nitrogens with zero attached hydrogens (tertiary/aromatic N) is 5. The highest BCUT2D eigenvalue weighted by atomic mass is 16.5. The highest BCUT2D eigenvalue weighted by molar-refractivity contribution is 6.04. The number of aryl methyl sites for hydroxylation is 1. The Balaban J connectivity index is 1.14. The van der Waals surface area contributed by atoms with Crippen molar-refractivity contribution in [2.45, 2.75) is 59.2 Å². The Kier molecular flexibility index (Phi) is 10.5. The molecule has 0 unspecified atom stereocenters. The van der Waals surface area contributed by atoms with Gasteiger partial charge in [0.2, 0.25) is 5.95 Å². The van der Waals surface area contributed by atoms with Crippen LogP contribution in [0, 0.1) is 6.92 Å². The van der Waals surface area contributed by atoms with Gasteiger partial charge in [0.1, 0.15) is 0 Å². The predicted molar refractivity (Wildman–Crippen MR) is 181 cm³/mol. The van der Waals surface area contributed by atoms with Crippen LogP contribution in [0.5, 0.6) is 0 Å². The number of hydrogen-bond acceptors (Lipinski definition) is 8. The van der Waals surface area contributed by atoms with Crippen LogP contribution in [0.3, 0.4) is 0 Å². The number of benzene rings is 2. The van der Waals surface area contributed by atoms with E-state index in [1.54, 1.807) is 18.6 Å². The third kappa shape index (κ3) is 8.94. The Morgan fingerprint density at radius 2 is 1.78 bits per heavy atom. The van der Waals surface area contributed by atoms with Gasteiger partial charge in [-0.25, -0.2) is 9.97 Å². The lowest BCUT2D eigenvalue weighted by atomic mass is 9.97. The summed E-state index contributed by atoms with van der Waals surface area (Å²) in [5.74, 6) is 0.323. The molecule has 0 atom stereocenters. The molecule has 3 heterocycles. The molecular weight excluding hydrogens is 562 g/mol. The standard InChI is InChI=1S/C36H45N7O2/c1-26(2)45-22-15-36(4,5)43-20-18-42(19-21-43)25-28-9-11-29(12-10-28)34(44)39-31-13-8-27(3)33(23-31)41-35-38-17-14-32(40-35)30-7-6-16-37-24-30/h6-14,16-17,23-24,26H,15,18-22,25H2,1-5H3,(H,39,44)(H,38,40,41). The topological polar surface area (TPSA) is 95.5 Å². The molecule has 2 aromatic carbocycles. The molecular formula is C36H45N7O2. The number of ether oxygens (including phenoxy) is 1. The van der Waals surface area contributed by atoms with Gasteiger partial charge in [-0.2, -0.15) is 0 Å². The molecule has 0 radical (unpaired) electrons. The molecule has 0 bridgehead atoms. The van der Waals surface area contributed by atoms with E-state index >= 15 is 0 Å². The molecule has 2 aromatic heterocycles. The first-order valence-corrected chi connectivity index (χ1v) is 15.8. The fourth-order valence-corrected chi connectivity index (χ4v) is 5.49. The maximum absolute atomic E-state index is 13.1. The minimum atomic E-state index is -0.150. The van der Waals surface area contributed by atoms with Crippen LogP contribution in [-0.2, 0) is 11.3 Å². The zero-order valence-electron chi connectivity index (χ0n) is 27.1. The number of pyridine rings is 1. The summed E-state index contributed by atoms with van der Waals surface area (Å²) in [6, 6.07) is 19.4. The van der Waals surface area contributed by atoms with E-state index < -0.39 is 0 Å². The van der Waals surface area contributed by atoms with Crippen LogP contribution in [-0.4, -0.2) is 75.1 Å². The van der Waals surface area contributed by atoms with Crippen LogP contribution >= 0.6 is 0 Å². The molecule has 5 rings (SSSR count). The number of carbonyl (C=O) groups is 1. The molecule has 0 aliphatic carbocycles. The van der Waals surface area contributed by atoms with Gasteiger partial charge in [-0.1, -0.05) is 18.2 Å². The highest BCUT2D eigenvalue weighted by Crippen LogP contribution is 2.25. The molecule has 1 fully saturated rings. The average Bonchev–Trinajstić information content (AvgIpc) is 3.03. The molecule has 0 saturated carbocycles. The lowest BCUT2D eigenvalue weighted by molar-refractivity contribution is 0.00905. The van der Waals surface area contributed by atoms with E-state index in [1.807, 2.05) is 55.5 Å². The van der Waals surface area contributed by atoms with Gasteiger partial charge in [-0.3, -0.25) is 19.6 Å². The lowest BCUT2D eigenvalue weighted by Gasteiger charge is -2.44. The molecule has 0 spiro atoms. The minimum absolute atomic E-state index is 0.128. The van der Waals surface area contributed by atoms with Crippen molar-refractivity contribution in [1.82, 2.24) is 24.8 Å². The molecule has 1 saturated heterocycles. The Hall–Kier alpha value is -4.18. The van der Waals surface area contributed by atoms with E-state index in [0.717, 1.165) is 68.3 Å². The van der Waals surface area contributed by atoms with Gasteiger partial charge in [0.25, 0.3) is 5.91 Å². The number of nitrogens with one attached hydrogen (secondary N) is 2. The van der Waals surface area contributed by atoms with E-state index in [-0.39, 0.29) is 17.6 Å². The first-order valence-electron chi connectivity index (χ1n) is 15.8. The zero-order chi connectivity index (χ0) is 31.8. The van der Waals surface area contributed by atoms with Crippen LogP contribution < -0.4 is 10.6 Å². The van der Waals surface area contributed by atoms with Gasteiger partial charge < -0.3 is 15.4 Å². The smallest absolute Gasteiger partial charge is 0.255 e. The first kappa shape index (κ1) is 32.2. The summed E-state index contributed by atoms with van der Waals surface area (Å²) in [7, 11) is 0. The summed E-state index contributed by atoms with van der Waals surface area (Å²) in [6.45, 7) is 16.6. The van der Waals surface area contributed by atoms with Crippen LogP contribution in [0.4, 0.5) is 17.3 Å². The number of aromatic nitrogens is 3. The van der Waals surface area contributed by atoms with Crippen LogP contribution in [0.15, 0.2) is 79.3 Å². The highest BCUT2D eigenvalue weighted by Gasteiger charge is 2.29. The largest absolute Gasteiger partial charge is 0.379 e. The maximum atomic E-state index is 13.1. The van der Waals surface area contributed by atoms with E-state index in [9.17, 15) is 4.79 Å². The fraction of sp³-hybridized carbons (Fsp3) is 0.389. The van der Waals surface area contributed by atoms with E-state index in [1.165, 1.54) is 5.56 Å². The minimum Gasteiger partial charge on any atom is -0.379 e. The van der Waals surface area contributed by atoms with Crippen LogP contribution in [0.1, 0.15) is 55.6 Å². The van der Waals surface area contributed by atoms with Crippen molar-refractivity contribution in [2.75, 3.05) is 43.4 Å². The third-order valence-electron chi connectivity index (χ3n) is 8.37. The number of anilines is 3. The molecule has 1 aliphatic rings. The molecule has 1 aliphatic heterocycles. The molecule has 45 heavy (non-hydrogen) atoms. The first-order chi connectivity index (χ1) is 21.7. The number of amides is 1. The van der Waals surface area contributed by atoms with E-state index in [2.05, 4.69) is 75.2 Å². The van der Waals surface area contributed by atoms with Crippen molar-refractivity contribution in [3.05, 3.63) is 95.9 Å². The van der Waals surface area contributed by atoms with Gasteiger partial charge in [-0.15, -0.1) is 0 Å². The van der Waals surface area contributed by atoms with Gasteiger partial charge in [-0.05, 0) is 94.6 Å². The Labute approximate surface area is 267 Å². The summed E-state index contributed by atoms with van der Waals surface area (Å²) in [5.41, 5.74) is 6.17. The van der Waals surface area contributed by atoms with Crippen molar-refractivity contribution in [3.63, 3.8) is 0 Å². The van der Waals surface area contributed by atoms with Crippen molar-refractivity contribution >= 4 is 23.2 Å². The second kappa shape index (κ2) is 14.7. The molecule has 9 nitrogen and oxygen atoms in total. The van der Waals surface area contributed by atoms with Crippen molar-refractivity contribution in [1.29, 1.82) is 0 Å². The number of piperazine rings is 1. The second-order valence-corrected chi connectivity index (χ2v) is 12.6. The van der Waals surface area contributed by atoms with Gasteiger partial charge in [0.05, 0.1) is 11.8 Å². The summed E-state index contributed by atoms with van der Waals surface area (Å²) in [5, 5.41) is 6.33. The molecule has 236 valence electrons. The molecule has 1 amide bonds. The zero-order valence-corrected chi connectivity index (χ0v) is 27.1.